The molecule has 0 aromatic rings. The third-order valence-electron chi connectivity index (χ3n) is 2.39. The fraction of sp³-hybridized carbons (Fsp3) is 0.833. The molecule has 0 aromatic heterocycles. The lowest BCUT2D eigenvalue weighted by Gasteiger charge is -2.21. The molecule has 2 unspecified atom stereocenters. The molecule has 0 aliphatic heterocycles. The predicted octanol–water partition coefficient (Wildman–Crippen LogP) is 2.13. The van der Waals surface area contributed by atoms with Crippen LogP contribution in [0.3, 0.4) is 0 Å². The van der Waals surface area contributed by atoms with E-state index >= 15 is 0 Å². The summed E-state index contributed by atoms with van der Waals surface area (Å²) in [5.74, 6) is 0.380. The zero-order valence-electron chi connectivity index (χ0n) is 11.0. The number of rotatable bonds is 8. The van der Waals surface area contributed by atoms with Gasteiger partial charge >= 0.3 is 5.97 Å². The Hall–Kier alpha value is -0.710. The Labute approximate surface area is 108 Å². The molecule has 1 amide bonds. The van der Waals surface area contributed by atoms with E-state index in [-0.39, 0.29) is 29.5 Å². The van der Waals surface area contributed by atoms with Crippen LogP contribution in [0.25, 0.3) is 0 Å². The lowest BCUT2D eigenvalue weighted by atomic mass is 10.1. The van der Waals surface area contributed by atoms with E-state index in [1.54, 1.807) is 11.8 Å². The van der Waals surface area contributed by atoms with Gasteiger partial charge < -0.3 is 10.4 Å². The number of hydrogen-bond donors (Lipinski definition) is 2. The van der Waals surface area contributed by atoms with Gasteiger partial charge in [0.2, 0.25) is 5.91 Å². The number of carbonyl (C=O) groups is 2. The lowest BCUT2D eigenvalue weighted by Crippen LogP contribution is -2.41. The van der Waals surface area contributed by atoms with E-state index < -0.39 is 5.97 Å². The molecular weight excluding hydrogens is 238 g/mol. The maximum Gasteiger partial charge on any atom is 0.303 e. The highest BCUT2D eigenvalue weighted by Gasteiger charge is 2.23. The molecule has 0 bridgehead atoms. The summed E-state index contributed by atoms with van der Waals surface area (Å²) in [6.45, 7) is 7.92. The van der Waals surface area contributed by atoms with E-state index in [0.717, 1.165) is 5.75 Å². The number of hydrogen-bond acceptors (Lipinski definition) is 3. The first-order valence-corrected chi connectivity index (χ1v) is 7.07. The van der Waals surface area contributed by atoms with Crippen LogP contribution >= 0.6 is 11.8 Å². The van der Waals surface area contributed by atoms with E-state index in [0.29, 0.717) is 6.42 Å². The fourth-order valence-corrected chi connectivity index (χ4v) is 2.45. The predicted molar refractivity (Wildman–Crippen MR) is 71.2 cm³/mol. The molecule has 17 heavy (non-hydrogen) atoms. The van der Waals surface area contributed by atoms with Gasteiger partial charge in [-0.15, -0.1) is 11.8 Å². The minimum absolute atomic E-state index is 0.0183. The number of aliphatic carboxylic acids is 1. The number of amides is 1. The zero-order valence-corrected chi connectivity index (χ0v) is 11.8. The summed E-state index contributed by atoms with van der Waals surface area (Å²) in [7, 11) is 0. The molecule has 0 heterocycles. The van der Waals surface area contributed by atoms with Gasteiger partial charge in [-0.1, -0.05) is 20.8 Å². The van der Waals surface area contributed by atoms with Crippen LogP contribution in [-0.2, 0) is 9.59 Å². The van der Waals surface area contributed by atoms with Gasteiger partial charge in [-0.05, 0) is 25.0 Å². The molecule has 0 aromatic carbocycles. The first-order valence-electron chi connectivity index (χ1n) is 6.02. The van der Waals surface area contributed by atoms with Crippen LogP contribution in [0, 0.1) is 5.92 Å². The largest absolute Gasteiger partial charge is 0.481 e. The van der Waals surface area contributed by atoms with Crippen molar-refractivity contribution in [3.63, 3.8) is 0 Å². The molecule has 5 heteroatoms. The molecule has 0 radical (unpaired) electrons. The fourth-order valence-electron chi connectivity index (χ4n) is 1.49. The minimum atomic E-state index is -0.825. The molecule has 0 spiro atoms. The van der Waals surface area contributed by atoms with Gasteiger partial charge in [0.05, 0.1) is 5.25 Å². The highest BCUT2D eigenvalue weighted by molar-refractivity contribution is 8.00. The summed E-state index contributed by atoms with van der Waals surface area (Å²) < 4.78 is 0. The Balaban J connectivity index is 4.15. The first kappa shape index (κ1) is 16.3. The van der Waals surface area contributed by atoms with Crippen LogP contribution in [0.2, 0.25) is 0 Å². The summed E-state index contributed by atoms with van der Waals surface area (Å²) in [5.41, 5.74) is 0. The quantitative estimate of drug-likeness (QED) is 0.702. The molecule has 0 saturated carbocycles. The van der Waals surface area contributed by atoms with Crippen LogP contribution in [0.15, 0.2) is 0 Å². The molecule has 100 valence electrons. The summed E-state index contributed by atoms with van der Waals surface area (Å²) in [6, 6.07) is -0.0858. The third-order valence-corrected chi connectivity index (χ3v) is 3.84. The van der Waals surface area contributed by atoms with Gasteiger partial charge in [0.1, 0.15) is 0 Å². The monoisotopic (exact) mass is 261 g/mol. The topological polar surface area (TPSA) is 66.4 Å². The van der Waals surface area contributed by atoms with Crippen LogP contribution in [-0.4, -0.2) is 34.0 Å². The maximum atomic E-state index is 12.0. The minimum Gasteiger partial charge on any atom is -0.481 e. The third kappa shape index (κ3) is 7.26. The summed E-state index contributed by atoms with van der Waals surface area (Å²) in [6.07, 6.45) is 0.567. The summed E-state index contributed by atoms with van der Waals surface area (Å²) >= 11 is 1.63. The second kappa shape index (κ2) is 8.39. The van der Waals surface area contributed by atoms with Crippen molar-refractivity contribution in [3.8, 4) is 0 Å². The first-order chi connectivity index (χ1) is 7.88. The number of nitrogens with one attached hydrogen (secondary N) is 1. The van der Waals surface area contributed by atoms with Gasteiger partial charge in [-0.2, -0.15) is 0 Å². The van der Waals surface area contributed by atoms with Crippen molar-refractivity contribution in [3.05, 3.63) is 0 Å². The maximum absolute atomic E-state index is 12.0. The van der Waals surface area contributed by atoms with Crippen molar-refractivity contribution in [2.75, 3.05) is 5.75 Å². The standard InChI is InChI=1S/C12H23NO3S/c1-5-17-11(8(2)3)12(16)13-9(4)6-7-10(14)15/h8-9,11H,5-7H2,1-4H3,(H,13,16)(H,14,15). The van der Waals surface area contributed by atoms with Crippen LogP contribution < -0.4 is 5.32 Å². The normalized spacial score (nSPS) is 14.4. The van der Waals surface area contributed by atoms with Crippen molar-refractivity contribution in [1.29, 1.82) is 0 Å². The summed E-state index contributed by atoms with van der Waals surface area (Å²) in [5, 5.41) is 11.4. The van der Waals surface area contributed by atoms with Gasteiger partial charge in [0.15, 0.2) is 0 Å². The van der Waals surface area contributed by atoms with Gasteiger partial charge in [0.25, 0.3) is 0 Å². The van der Waals surface area contributed by atoms with Crippen LogP contribution in [0.4, 0.5) is 0 Å². The van der Waals surface area contributed by atoms with E-state index in [1.807, 2.05) is 27.7 Å². The summed E-state index contributed by atoms with van der Waals surface area (Å²) in [4.78, 5) is 22.4. The molecule has 4 nitrogen and oxygen atoms in total. The molecule has 0 saturated heterocycles. The second-order valence-corrected chi connectivity index (χ2v) is 5.88. The highest BCUT2D eigenvalue weighted by atomic mass is 32.2. The molecule has 0 fully saturated rings. The Morgan fingerprint density at radius 3 is 2.29 bits per heavy atom. The van der Waals surface area contributed by atoms with Gasteiger partial charge in [0, 0.05) is 12.5 Å². The van der Waals surface area contributed by atoms with Gasteiger partial charge in [-0.3, -0.25) is 9.59 Å². The van der Waals surface area contributed by atoms with E-state index in [9.17, 15) is 9.59 Å². The van der Waals surface area contributed by atoms with Crippen molar-refractivity contribution < 1.29 is 14.7 Å². The molecule has 0 rings (SSSR count). The van der Waals surface area contributed by atoms with Crippen molar-refractivity contribution >= 4 is 23.6 Å². The molecule has 2 N–H and O–H groups in total. The average Bonchev–Trinajstić information content (AvgIpc) is 2.22. The number of carboxylic acids is 1. The van der Waals surface area contributed by atoms with E-state index in [4.69, 9.17) is 5.11 Å². The van der Waals surface area contributed by atoms with Crippen LogP contribution in [0.1, 0.15) is 40.5 Å². The van der Waals surface area contributed by atoms with Crippen molar-refractivity contribution in [2.45, 2.75) is 51.8 Å². The Morgan fingerprint density at radius 1 is 1.29 bits per heavy atom. The smallest absolute Gasteiger partial charge is 0.303 e. The Morgan fingerprint density at radius 2 is 1.88 bits per heavy atom. The Kier molecular flexibility index (Phi) is 8.04. The lowest BCUT2D eigenvalue weighted by molar-refractivity contribution is -0.137. The molecule has 0 aliphatic carbocycles. The highest BCUT2D eigenvalue weighted by Crippen LogP contribution is 2.19. The molecular formula is C12H23NO3S. The molecule has 0 aliphatic rings. The Bertz CT molecular complexity index is 256. The number of thioether (sulfide) groups is 1. The second-order valence-electron chi connectivity index (χ2n) is 4.46. The zero-order chi connectivity index (χ0) is 13.4. The van der Waals surface area contributed by atoms with E-state index in [1.165, 1.54) is 0 Å². The van der Waals surface area contributed by atoms with E-state index in [2.05, 4.69) is 5.32 Å². The van der Waals surface area contributed by atoms with Gasteiger partial charge in [-0.25, -0.2) is 0 Å². The van der Waals surface area contributed by atoms with Crippen LogP contribution in [0.5, 0.6) is 0 Å². The SMILES string of the molecule is CCSC(C(=O)NC(C)CCC(=O)O)C(C)C. The number of carboxylic acid groups (broad SMARTS) is 1. The van der Waals surface area contributed by atoms with Crippen molar-refractivity contribution in [2.24, 2.45) is 5.92 Å². The van der Waals surface area contributed by atoms with Crippen molar-refractivity contribution in [1.82, 2.24) is 5.32 Å². The number of carbonyl (C=O) groups excluding carboxylic acids is 1. The average molecular weight is 261 g/mol. The molecule has 2 atom stereocenters.